The molecular weight excluding hydrogens is 552 g/mol. The molecule has 3 fully saturated rings. The van der Waals surface area contributed by atoms with Gasteiger partial charge in [0, 0.05) is 30.2 Å². The maximum atomic E-state index is 14.6. The number of aryl methyl sites for hydroxylation is 2. The summed E-state index contributed by atoms with van der Waals surface area (Å²) in [6.07, 6.45) is 4.66. The molecule has 2 bridgehead atoms. The number of fused-ring (bicyclic) bond motifs is 1. The van der Waals surface area contributed by atoms with Crippen LogP contribution in [0.4, 0.5) is 5.69 Å². The van der Waals surface area contributed by atoms with Crippen molar-refractivity contribution in [1.82, 2.24) is 4.90 Å². The van der Waals surface area contributed by atoms with E-state index in [4.69, 9.17) is 14.6 Å². The highest BCUT2D eigenvalue weighted by molar-refractivity contribution is 9.09. The number of rotatable bonds is 12. The summed E-state index contributed by atoms with van der Waals surface area (Å²) in [4.78, 5) is 45.0. The standard InChI is InChI=1S/C29H39BrN2O6/c1-5-14-31(23-18(3)12-11-13-19(23)4)27(35)25-29-17-20(30)24(38-29)21(28(36)37-6-2)22(29)26(34)32(25)15-9-7-8-10-16-33/h5,11-13,20-22,24-25,33H,1,6-10,14-17H2,2-4H3/t20?,21-,22+,24-,25-,29+/m0/s1. The number of unbranched alkanes of at least 4 members (excludes halogenated alkanes) is 3. The molecule has 0 aromatic heterocycles. The van der Waals surface area contributed by atoms with Gasteiger partial charge in [-0.15, -0.1) is 6.58 Å². The predicted octanol–water partition coefficient (Wildman–Crippen LogP) is 3.69. The van der Waals surface area contributed by atoms with Gasteiger partial charge in [0.2, 0.25) is 5.91 Å². The third kappa shape index (κ3) is 4.82. The van der Waals surface area contributed by atoms with Crippen LogP contribution in [0, 0.1) is 25.7 Å². The molecule has 1 unspecified atom stereocenters. The van der Waals surface area contributed by atoms with E-state index in [-0.39, 0.29) is 36.4 Å². The fourth-order valence-electron chi connectivity index (χ4n) is 6.70. The molecule has 1 spiro atoms. The number of esters is 1. The van der Waals surface area contributed by atoms with Gasteiger partial charge in [0.1, 0.15) is 11.6 Å². The molecule has 1 N–H and O–H groups in total. The number of carbonyl (C=O) groups is 3. The van der Waals surface area contributed by atoms with Crippen molar-refractivity contribution < 1.29 is 29.0 Å². The Morgan fingerprint density at radius 3 is 2.58 bits per heavy atom. The number of hydrogen-bond acceptors (Lipinski definition) is 6. The Balaban J connectivity index is 1.76. The maximum Gasteiger partial charge on any atom is 0.312 e. The van der Waals surface area contributed by atoms with E-state index in [1.165, 1.54) is 0 Å². The molecule has 0 aliphatic carbocycles. The molecule has 3 aliphatic rings. The van der Waals surface area contributed by atoms with Crippen LogP contribution in [0.15, 0.2) is 30.9 Å². The zero-order valence-electron chi connectivity index (χ0n) is 22.5. The highest BCUT2D eigenvalue weighted by Gasteiger charge is 2.77. The minimum absolute atomic E-state index is 0.129. The number of aliphatic hydroxyl groups excluding tert-OH is 1. The van der Waals surface area contributed by atoms with Crippen LogP contribution in [0.2, 0.25) is 0 Å². The molecule has 208 valence electrons. The lowest BCUT2D eigenvalue weighted by atomic mass is 9.70. The van der Waals surface area contributed by atoms with E-state index in [1.54, 1.807) is 22.8 Å². The number of para-hydroxylation sites is 1. The first-order chi connectivity index (χ1) is 18.2. The Morgan fingerprint density at radius 2 is 1.95 bits per heavy atom. The van der Waals surface area contributed by atoms with Gasteiger partial charge in [0.15, 0.2) is 0 Å². The molecule has 38 heavy (non-hydrogen) atoms. The second kappa shape index (κ2) is 11.9. The molecule has 1 aromatic rings. The van der Waals surface area contributed by atoms with Crippen LogP contribution >= 0.6 is 15.9 Å². The fourth-order valence-corrected chi connectivity index (χ4v) is 7.65. The normalized spacial score (nSPS) is 29.4. The van der Waals surface area contributed by atoms with Gasteiger partial charge in [0.25, 0.3) is 5.91 Å². The molecular formula is C29H39BrN2O6. The van der Waals surface area contributed by atoms with Gasteiger partial charge in [-0.2, -0.15) is 0 Å². The van der Waals surface area contributed by atoms with Crippen molar-refractivity contribution in [3.8, 4) is 0 Å². The molecule has 3 heterocycles. The predicted molar refractivity (Wildman–Crippen MR) is 148 cm³/mol. The van der Waals surface area contributed by atoms with Crippen molar-refractivity contribution in [1.29, 1.82) is 0 Å². The van der Waals surface area contributed by atoms with Crippen molar-refractivity contribution in [3.63, 3.8) is 0 Å². The van der Waals surface area contributed by atoms with Gasteiger partial charge >= 0.3 is 5.97 Å². The highest BCUT2D eigenvalue weighted by Crippen LogP contribution is 2.60. The SMILES string of the molecule is C=CCN(C(=O)[C@@H]1N(CCCCCCO)C(=O)[C@H]2[C@H](C(=O)OCC)[C@H]3O[C@@]12CC3Br)c1c(C)cccc1C. The van der Waals surface area contributed by atoms with Gasteiger partial charge in [-0.25, -0.2) is 0 Å². The number of amides is 2. The van der Waals surface area contributed by atoms with E-state index < -0.39 is 35.6 Å². The van der Waals surface area contributed by atoms with Gasteiger partial charge in [-0.1, -0.05) is 53.0 Å². The minimum Gasteiger partial charge on any atom is -0.466 e. The summed E-state index contributed by atoms with van der Waals surface area (Å²) in [5, 5.41) is 9.14. The summed E-state index contributed by atoms with van der Waals surface area (Å²) in [5.41, 5.74) is 1.59. The van der Waals surface area contributed by atoms with Crippen molar-refractivity contribution in [2.24, 2.45) is 11.8 Å². The number of anilines is 1. The largest absolute Gasteiger partial charge is 0.466 e. The summed E-state index contributed by atoms with van der Waals surface area (Å²) in [6, 6.07) is 5.02. The van der Waals surface area contributed by atoms with Crippen LogP contribution in [0.3, 0.4) is 0 Å². The highest BCUT2D eigenvalue weighted by atomic mass is 79.9. The first-order valence-corrected chi connectivity index (χ1v) is 14.5. The Kier molecular flexibility index (Phi) is 9.00. The smallest absolute Gasteiger partial charge is 0.312 e. The number of halogens is 1. The average molecular weight is 592 g/mol. The van der Waals surface area contributed by atoms with Crippen LogP contribution < -0.4 is 4.90 Å². The number of nitrogens with zero attached hydrogens (tertiary/aromatic N) is 2. The summed E-state index contributed by atoms with van der Waals surface area (Å²) in [7, 11) is 0. The zero-order chi connectivity index (χ0) is 27.6. The van der Waals surface area contributed by atoms with Crippen LogP contribution in [0.5, 0.6) is 0 Å². The third-order valence-electron chi connectivity index (χ3n) is 8.18. The molecule has 1 aromatic carbocycles. The summed E-state index contributed by atoms with van der Waals surface area (Å²) >= 11 is 3.69. The van der Waals surface area contributed by atoms with E-state index >= 15 is 0 Å². The van der Waals surface area contributed by atoms with Crippen LogP contribution in [-0.4, -0.2) is 76.7 Å². The molecule has 0 radical (unpaired) electrons. The molecule has 4 rings (SSSR count). The number of likely N-dealkylation sites (tertiary alicyclic amines) is 1. The van der Waals surface area contributed by atoms with Gasteiger partial charge in [0.05, 0.1) is 24.5 Å². The monoisotopic (exact) mass is 590 g/mol. The van der Waals surface area contributed by atoms with E-state index in [1.807, 2.05) is 32.0 Å². The number of benzene rings is 1. The first-order valence-electron chi connectivity index (χ1n) is 13.6. The number of alkyl halides is 1. The molecule has 3 saturated heterocycles. The molecule has 8 nitrogen and oxygen atoms in total. The summed E-state index contributed by atoms with van der Waals surface area (Å²) < 4.78 is 11.9. The zero-order valence-corrected chi connectivity index (χ0v) is 24.1. The Hall–Kier alpha value is -2.23. The molecule has 3 aliphatic heterocycles. The summed E-state index contributed by atoms with van der Waals surface area (Å²) in [6.45, 7) is 10.6. The Labute approximate surface area is 233 Å². The number of carbonyl (C=O) groups excluding carboxylic acids is 3. The van der Waals surface area contributed by atoms with Gasteiger partial charge < -0.3 is 24.4 Å². The molecule has 0 saturated carbocycles. The van der Waals surface area contributed by atoms with E-state index in [9.17, 15) is 14.4 Å². The number of aliphatic hydroxyl groups is 1. The van der Waals surface area contributed by atoms with E-state index in [0.29, 0.717) is 25.8 Å². The fraction of sp³-hybridized carbons (Fsp3) is 0.621. The lowest BCUT2D eigenvalue weighted by Crippen LogP contribution is -2.57. The average Bonchev–Trinajstić information content (AvgIpc) is 3.46. The second-order valence-corrected chi connectivity index (χ2v) is 11.7. The molecule has 2 amide bonds. The van der Waals surface area contributed by atoms with Crippen LogP contribution in [0.25, 0.3) is 0 Å². The third-order valence-corrected chi connectivity index (χ3v) is 9.02. The second-order valence-electron chi connectivity index (χ2n) is 10.6. The molecule has 6 atom stereocenters. The van der Waals surface area contributed by atoms with Crippen LogP contribution in [-0.2, 0) is 23.9 Å². The van der Waals surface area contributed by atoms with Crippen molar-refractivity contribution >= 4 is 39.4 Å². The molecule has 9 heteroatoms. The van der Waals surface area contributed by atoms with Gasteiger partial charge in [-0.3, -0.25) is 14.4 Å². The summed E-state index contributed by atoms with van der Waals surface area (Å²) in [5.74, 6) is -2.42. The van der Waals surface area contributed by atoms with E-state index in [0.717, 1.165) is 29.7 Å². The topological polar surface area (TPSA) is 96.4 Å². The quantitative estimate of drug-likeness (QED) is 0.173. The lowest BCUT2D eigenvalue weighted by molar-refractivity contribution is -0.154. The van der Waals surface area contributed by atoms with Crippen molar-refractivity contribution in [3.05, 3.63) is 42.0 Å². The van der Waals surface area contributed by atoms with E-state index in [2.05, 4.69) is 22.5 Å². The Bertz CT molecular complexity index is 1060. The maximum absolute atomic E-state index is 14.6. The van der Waals surface area contributed by atoms with Crippen LogP contribution in [0.1, 0.15) is 50.2 Å². The lowest BCUT2D eigenvalue weighted by Gasteiger charge is -2.37. The van der Waals surface area contributed by atoms with Gasteiger partial charge in [-0.05, 0) is 51.2 Å². The first kappa shape index (κ1) is 28.8. The van der Waals surface area contributed by atoms with Crippen molar-refractivity contribution in [2.45, 2.75) is 75.4 Å². The Morgan fingerprint density at radius 1 is 1.26 bits per heavy atom. The minimum atomic E-state index is -1.12. The number of hydrogen-bond donors (Lipinski definition) is 1. The number of ether oxygens (including phenoxy) is 2. The van der Waals surface area contributed by atoms with Crippen molar-refractivity contribution in [2.75, 3.05) is 31.2 Å².